The maximum absolute atomic E-state index is 10.5. The van der Waals surface area contributed by atoms with E-state index in [4.69, 9.17) is 22.3 Å². The molecule has 230 valence electrons. The molecule has 1 heterocycles. The Hall–Kier alpha value is -3.03. The molecule has 1 aromatic carbocycles. The van der Waals surface area contributed by atoms with Crippen molar-refractivity contribution in [3.8, 4) is 0 Å². The normalized spacial score (nSPS) is 8.75. The third kappa shape index (κ3) is 20.9. The maximum Gasteiger partial charge on any atom is 0.354 e. The van der Waals surface area contributed by atoms with E-state index >= 15 is 0 Å². The molecule has 0 atom stereocenters. The van der Waals surface area contributed by atoms with Crippen LogP contribution in [-0.4, -0.2) is 28.3 Å². The van der Waals surface area contributed by atoms with Crippen molar-refractivity contribution in [2.75, 3.05) is 6.54 Å². The quantitative estimate of drug-likeness (QED) is 0.189. The van der Waals surface area contributed by atoms with Crippen molar-refractivity contribution in [2.24, 2.45) is 22.2 Å². The molecule has 0 saturated carbocycles. The Bertz CT molecular complexity index is 962. The van der Waals surface area contributed by atoms with Crippen LogP contribution in [0.2, 0.25) is 0 Å². The van der Waals surface area contributed by atoms with Gasteiger partial charge in [-0.3, -0.25) is 4.99 Å². The topological polar surface area (TPSA) is 141 Å². The summed E-state index contributed by atoms with van der Waals surface area (Å²) in [5.74, 6) is -0.966. The van der Waals surface area contributed by atoms with Crippen molar-refractivity contribution >= 4 is 23.1 Å². The molecule has 2 rings (SSSR count). The van der Waals surface area contributed by atoms with Gasteiger partial charge in [-0.25, -0.2) is 9.78 Å². The lowest BCUT2D eigenvalue weighted by Crippen LogP contribution is -2.03. The molecule has 7 N–H and O–H groups in total. The van der Waals surface area contributed by atoms with Crippen LogP contribution in [-0.2, 0) is 6.54 Å². The minimum absolute atomic E-state index is 0.144. The number of nitrogens with two attached hydrogens (primary N) is 3. The molecule has 0 aliphatic heterocycles. The fourth-order valence-corrected chi connectivity index (χ4v) is 3.02. The maximum atomic E-state index is 10.5. The molecular weight excluding hydrogens is 498 g/mol. The molecule has 0 bridgehead atoms. The van der Waals surface area contributed by atoms with Gasteiger partial charge in [-0.05, 0) is 76.4 Å². The second-order valence-electron chi connectivity index (χ2n) is 8.38. The van der Waals surface area contributed by atoms with E-state index in [0.717, 1.165) is 40.3 Å². The number of pyridine rings is 1. The number of aromatic carboxylic acids is 1. The largest absolute Gasteiger partial charge is 0.477 e. The van der Waals surface area contributed by atoms with Crippen LogP contribution in [0, 0.1) is 20.8 Å². The van der Waals surface area contributed by atoms with E-state index in [2.05, 4.69) is 23.5 Å². The Balaban J connectivity index is -0.000000235. The SMILES string of the molecule is C=C(N)c1cc(C)cc(CN)c1N=C(C)C.CC.CC.CC.CCCCCCN.Cc1ccc(C)c(C(=O)O)n1. The fraction of sp³-hybridized carbons (Fsp3) is 0.545. The van der Waals surface area contributed by atoms with Gasteiger partial charge in [0.1, 0.15) is 0 Å². The third-order valence-corrected chi connectivity index (χ3v) is 4.73. The number of aromatic nitrogens is 1. The van der Waals surface area contributed by atoms with Crippen LogP contribution in [0.5, 0.6) is 0 Å². The zero-order valence-corrected chi connectivity index (χ0v) is 27.7. The summed E-state index contributed by atoms with van der Waals surface area (Å²) in [6, 6.07) is 7.57. The number of carboxylic acids is 1. The predicted octanol–water partition coefficient (Wildman–Crippen LogP) is 8.50. The molecule has 0 unspecified atom stereocenters. The zero-order chi connectivity index (χ0) is 32.3. The highest BCUT2D eigenvalue weighted by Gasteiger charge is 2.09. The number of carboxylic acid groups (broad SMARTS) is 1. The lowest BCUT2D eigenvalue weighted by molar-refractivity contribution is 0.0689. The van der Waals surface area contributed by atoms with Gasteiger partial charge in [0.15, 0.2) is 5.69 Å². The monoisotopic (exact) mass is 559 g/mol. The standard InChI is InChI=1S/C13H19N3.C8H9NO2.C6H15N.3C2H6/c1-8(2)16-13-11(7-14)5-9(3)6-12(13)10(4)15;1-5-3-4-6(2)9-7(5)8(10)11;1-2-3-4-5-6-7;3*1-2/h5-6H,4,7,14-15H2,1-3H3;3-4H,1-2H3,(H,10,11);2-7H2,1H3;3*1-2H3. The summed E-state index contributed by atoms with van der Waals surface area (Å²) in [6.45, 7) is 28.7. The number of rotatable bonds is 8. The number of benzene rings is 1. The van der Waals surface area contributed by atoms with Crippen LogP contribution in [0.1, 0.15) is 126 Å². The molecule has 2 aromatic rings. The first-order valence-electron chi connectivity index (χ1n) is 14.7. The summed E-state index contributed by atoms with van der Waals surface area (Å²) < 4.78 is 0. The van der Waals surface area contributed by atoms with E-state index in [1.165, 1.54) is 25.7 Å². The van der Waals surface area contributed by atoms with Gasteiger partial charge in [-0.15, -0.1) is 0 Å². The van der Waals surface area contributed by atoms with Gasteiger partial charge in [0.2, 0.25) is 0 Å². The van der Waals surface area contributed by atoms with E-state index < -0.39 is 5.97 Å². The average molecular weight is 560 g/mol. The van der Waals surface area contributed by atoms with Gasteiger partial charge in [-0.2, -0.15) is 0 Å². The second-order valence-corrected chi connectivity index (χ2v) is 8.38. The Morgan fingerprint density at radius 3 is 1.88 bits per heavy atom. The number of nitrogens with zero attached hydrogens (tertiary/aromatic N) is 2. The third-order valence-electron chi connectivity index (χ3n) is 4.73. The lowest BCUT2D eigenvalue weighted by Gasteiger charge is -2.12. The molecule has 40 heavy (non-hydrogen) atoms. The highest BCUT2D eigenvalue weighted by atomic mass is 16.4. The second kappa shape index (κ2) is 29.0. The highest BCUT2D eigenvalue weighted by Crippen LogP contribution is 2.29. The Morgan fingerprint density at radius 1 is 0.950 bits per heavy atom. The van der Waals surface area contributed by atoms with Crippen molar-refractivity contribution in [1.82, 2.24) is 4.98 Å². The van der Waals surface area contributed by atoms with E-state index in [1.54, 1.807) is 26.0 Å². The average Bonchev–Trinajstić information content (AvgIpc) is 2.94. The van der Waals surface area contributed by atoms with Gasteiger partial charge in [-0.1, -0.05) is 86.4 Å². The molecule has 0 amide bonds. The van der Waals surface area contributed by atoms with E-state index in [-0.39, 0.29) is 5.69 Å². The van der Waals surface area contributed by atoms with E-state index in [9.17, 15) is 4.79 Å². The molecule has 0 saturated heterocycles. The molecular formula is C33H61N5O2. The van der Waals surface area contributed by atoms with Crippen LogP contribution in [0.15, 0.2) is 35.8 Å². The predicted molar refractivity (Wildman–Crippen MR) is 179 cm³/mol. The summed E-state index contributed by atoms with van der Waals surface area (Å²) in [5.41, 5.74) is 23.7. The summed E-state index contributed by atoms with van der Waals surface area (Å²) in [7, 11) is 0. The van der Waals surface area contributed by atoms with Crippen molar-refractivity contribution in [3.63, 3.8) is 0 Å². The lowest BCUT2D eigenvalue weighted by atomic mass is 10.0. The molecule has 0 radical (unpaired) electrons. The smallest absolute Gasteiger partial charge is 0.354 e. The number of hydrogen-bond acceptors (Lipinski definition) is 6. The van der Waals surface area contributed by atoms with Gasteiger partial charge in [0, 0.05) is 29.2 Å². The van der Waals surface area contributed by atoms with E-state index in [1.807, 2.05) is 74.4 Å². The minimum atomic E-state index is -0.966. The Morgan fingerprint density at radius 2 is 1.50 bits per heavy atom. The first-order chi connectivity index (χ1) is 19.0. The summed E-state index contributed by atoms with van der Waals surface area (Å²) in [4.78, 5) is 18.9. The molecule has 0 spiro atoms. The van der Waals surface area contributed by atoms with Crippen LogP contribution >= 0.6 is 0 Å². The molecule has 7 heteroatoms. The fourth-order valence-electron chi connectivity index (χ4n) is 3.02. The number of aryl methyl sites for hydroxylation is 3. The summed E-state index contributed by atoms with van der Waals surface area (Å²) in [6.07, 6.45) is 5.16. The van der Waals surface area contributed by atoms with E-state index in [0.29, 0.717) is 17.8 Å². The summed E-state index contributed by atoms with van der Waals surface area (Å²) >= 11 is 0. The molecule has 1 aromatic heterocycles. The number of hydrogen-bond donors (Lipinski definition) is 4. The number of carbonyl (C=O) groups is 1. The van der Waals surface area contributed by atoms with Crippen LogP contribution in [0.3, 0.4) is 0 Å². The Kier molecular flexibility index (Phi) is 31.9. The minimum Gasteiger partial charge on any atom is -0.477 e. The van der Waals surface area contributed by atoms with Crippen molar-refractivity contribution in [3.05, 3.63) is 64.5 Å². The van der Waals surface area contributed by atoms with Crippen LogP contribution in [0.25, 0.3) is 5.70 Å². The first-order valence-corrected chi connectivity index (χ1v) is 14.7. The molecule has 0 aliphatic carbocycles. The van der Waals surface area contributed by atoms with Crippen molar-refractivity contribution in [1.29, 1.82) is 0 Å². The molecule has 0 aliphatic rings. The van der Waals surface area contributed by atoms with Gasteiger partial charge in [0.25, 0.3) is 0 Å². The molecule has 7 nitrogen and oxygen atoms in total. The number of aliphatic imine (C=N–C) groups is 1. The first kappa shape index (κ1) is 44.0. The van der Waals surface area contributed by atoms with Crippen molar-refractivity contribution < 1.29 is 9.90 Å². The number of unbranched alkanes of at least 4 members (excludes halogenated alkanes) is 3. The van der Waals surface area contributed by atoms with Crippen LogP contribution < -0.4 is 17.2 Å². The van der Waals surface area contributed by atoms with Crippen LogP contribution in [0.4, 0.5) is 5.69 Å². The molecule has 0 fully saturated rings. The van der Waals surface area contributed by atoms with Gasteiger partial charge in [0.05, 0.1) is 5.69 Å². The highest BCUT2D eigenvalue weighted by molar-refractivity contribution is 5.87. The van der Waals surface area contributed by atoms with Crippen molar-refractivity contribution in [2.45, 2.75) is 115 Å². The van der Waals surface area contributed by atoms with Gasteiger partial charge < -0.3 is 22.3 Å². The Labute approximate surface area is 246 Å². The van der Waals surface area contributed by atoms with Gasteiger partial charge >= 0.3 is 5.97 Å². The zero-order valence-electron chi connectivity index (χ0n) is 27.7. The summed E-state index contributed by atoms with van der Waals surface area (Å²) in [5, 5.41) is 8.63.